The Kier molecular flexibility index (Phi) is 14.6. The van der Waals surface area contributed by atoms with Crippen LogP contribution >= 0.6 is 0 Å². The maximum Gasteiger partial charge on any atom is 0.164 e. The van der Waals surface area contributed by atoms with Crippen molar-refractivity contribution in [3.8, 4) is 135 Å². The summed E-state index contributed by atoms with van der Waals surface area (Å²) in [5, 5.41) is 8.97. The molecule has 16 aromatic carbocycles. The van der Waals surface area contributed by atoms with Gasteiger partial charge < -0.3 is 18.0 Å². The van der Waals surface area contributed by atoms with Gasteiger partial charge in [0.25, 0.3) is 0 Å². The summed E-state index contributed by atoms with van der Waals surface area (Å²) in [4.78, 5) is 32.0. The molecular weight excluding hydrogens is 1440 g/mol. The molecule has 10 nitrogen and oxygen atoms in total. The van der Waals surface area contributed by atoms with Crippen molar-refractivity contribution < 1.29 is 8.83 Å². The third-order valence-electron chi connectivity index (χ3n) is 25.1. The molecule has 2 aliphatic rings. The highest BCUT2D eigenvalue weighted by molar-refractivity contribution is 6.23. The SMILES string of the molecule is CC1(C)c2ccccc2-c2ccc(-c3nc(-c4ccc(-n5c6ccccc6c6ccc7c8ccccc8oc7c65)cc4)nc(-c4ccc5c(c4)C(C)(C)c4cc(-c6cccc(-c7ccc(-c8nc(-c9ccc(-c%10ccccc%10)cc9)nc(-c9ccc(-n%10c%11ccccc%11c%11ccc%12c%13ccccc%13oc%12c%11%10)cc9)n8)cc7)c6)ccc4-5)n3)cc21. The van der Waals surface area contributed by atoms with Gasteiger partial charge in [-0.05, 0) is 187 Å². The highest BCUT2D eigenvalue weighted by atomic mass is 16.3. The third-order valence-corrected chi connectivity index (χ3v) is 25.1. The van der Waals surface area contributed by atoms with Crippen LogP contribution in [-0.2, 0) is 10.8 Å². The molecular formula is C108H70N8O2. The molecule has 2 aliphatic carbocycles. The van der Waals surface area contributed by atoms with Crippen molar-refractivity contribution in [1.82, 2.24) is 39.0 Å². The first-order chi connectivity index (χ1) is 57.9. The maximum absolute atomic E-state index is 6.73. The molecule has 22 aromatic rings. The van der Waals surface area contributed by atoms with Gasteiger partial charge in [-0.2, -0.15) is 0 Å². The molecule has 6 heterocycles. The van der Waals surface area contributed by atoms with Crippen molar-refractivity contribution in [1.29, 1.82) is 0 Å². The predicted octanol–water partition coefficient (Wildman–Crippen LogP) is 27.7. The molecule has 0 bridgehead atoms. The molecule has 0 unspecified atom stereocenters. The molecule has 0 atom stereocenters. The van der Waals surface area contributed by atoms with Crippen LogP contribution in [0.25, 0.3) is 223 Å². The van der Waals surface area contributed by atoms with E-state index >= 15 is 0 Å². The molecule has 6 aromatic heterocycles. The van der Waals surface area contributed by atoms with E-state index in [0.717, 1.165) is 166 Å². The highest BCUT2D eigenvalue weighted by Gasteiger charge is 2.38. The van der Waals surface area contributed by atoms with Crippen molar-refractivity contribution in [2.24, 2.45) is 0 Å². The van der Waals surface area contributed by atoms with E-state index in [0.29, 0.717) is 34.9 Å². The van der Waals surface area contributed by atoms with Crippen LogP contribution in [-0.4, -0.2) is 39.0 Å². The van der Waals surface area contributed by atoms with Crippen molar-refractivity contribution in [2.75, 3.05) is 0 Å². The van der Waals surface area contributed by atoms with Crippen LogP contribution in [0.15, 0.2) is 361 Å². The lowest BCUT2D eigenvalue weighted by molar-refractivity contribution is 0.660. The van der Waals surface area contributed by atoms with Crippen LogP contribution in [0, 0.1) is 0 Å². The van der Waals surface area contributed by atoms with Crippen LogP contribution in [0.4, 0.5) is 0 Å². The summed E-state index contributed by atoms with van der Waals surface area (Å²) >= 11 is 0. The zero-order chi connectivity index (χ0) is 78.2. The topological polar surface area (TPSA) is 113 Å². The number of hydrogen-bond donors (Lipinski definition) is 0. The summed E-state index contributed by atoms with van der Waals surface area (Å²) in [6.45, 7) is 9.33. The average Bonchev–Trinajstić information content (AvgIpc) is 1.61. The molecule has 0 saturated heterocycles. The van der Waals surface area contributed by atoms with Gasteiger partial charge in [-0.3, -0.25) is 0 Å². The van der Waals surface area contributed by atoms with E-state index in [9.17, 15) is 0 Å². The van der Waals surface area contributed by atoms with Gasteiger partial charge in [0.2, 0.25) is 0 Å². The molecule has 0 saturated carbocycles. The standard InChI is InChI=1S/C108H70N8O2/c1-107(2)89-28-13-8-23-77(89)78-53-46-73(61-91(78)107)105-112-104(69-43-50-76(51-44-69)116-94-30-15-10-25-82(94)86-56-58-88-84-27-12-17-32-96(84)118-100(88)98(86)116)113-106(114-105)74-47-54-80-79-52-45-72(60-90(79)108(3,4)92(80)62-74)71-22-18-21-70(59-71)65-35-39-67(40-36-65)102-109-101(66-37-33-64(34-38-66)63-19-6-5-7-20-63)110-103(111-102)68-41-48-75(49-42-68)115-93-29-14-9-24-81(93)85-55-57-87-83-26-11-16-31-95(83)117-99(87)97(85)115/h5-62H,1-4H3. The highest BCUT2D eigenvalue weighted by Crippen LogP contribution is 2.53. The summed E-state index contributed by atoms with van der Waals surface area (Å²) in [5.74, 6) is 3.57. The fraction of sp³-hybridized carbons (Fsp3) is 0.0556. The minimum absolute atomic E-state index is 0.218. The Morgan fingerprint density at radius 3 is 0.992 bits per heavy atom. The number of rotatable bonds is 11. The number of fused-ring (bicyclic) bond motifs is 20. The second kappa shape index (κ2) is 25.6. The lowest BCUT2D eigenvalue weighted by atomic mass is 9.81. The van der Waals surface area contributed by atoms with Crippen LogP contribution in [0.1, 0.15) is 49.9 Å². The number of para-hydroxylation sites is 4. The molecule has 0 N–H and O–H groups in total. The normalized spacial score (nSPS) is 13.2. The number of hydrogen-bond acceptors (Lipinski definition) is 8. The smallest absolute Gasteiger partial charge is 0.164 e. The molecule has 0 radical (unpaired) electrons. The second-order valence-electron chi connectivity index (χ2n) is 32.5. The molecule has 554 valence electrons. The summed E-state index contributed by atoms with van der Waals surface area (Å²) in [6.07, 6.45) is 0. The van der Waals surface area contributed by atoms with Crippen LogP contribution < -0.4 is 0 Å². The fourth-order valence-corrected chi connectivity index (χ4v) is 19.1. The Labute approximate surface area is 679 Å². The van der Waals surface area contributed by atoms with Gasteiger partial charge in [-0.15, -0.1) is 0 Å². The van der Waals surface area contributed by atoms with Crippen LogP contribution in [0.2, 0.25) is 0 Å². The van der Waals surface area contributed by atoms with Gasteiger partial charge in [0.15, 0.2) is 46.1 Å². The molecule has 118 heavy (non-hydrogen) atoms. The van der Waals surface area contributed by atoms with E-state index in [4.69, 9.17) is 38.7 Å². The van der Waals surface area contributed by atoms with E-state index in [1.54, 1.807) is 0 Å². The van der Waals surface area contributed by atoms with E-state index in [1.807, 2.05) is 24.3 Å². The average molecular weight is 1510 g/mol. The Morgan fingerprint density at radius 1 is 0.212 bits per heavy atom. The van der Waals surface area contributed by atoms with Crippen LogP contribution in [0.5, 0.6) is 0 Å². The molecule has 0 spiro atoms. The summed E-state index contributed by atoms with van der Waals surface area (Å²) in [7, 11) is 0. The van der Waals surface area contributed by atoms with Crippen molar-refractivity contribution in [2.45, 2.75) is 38.5 Å². The fourth-order valence-electron chi connectivity index (χ4n) is 19.1. The van der Waals surface area contributed by atoms with Gasteiger partial charge in [0.1, 0.15) is 11.2 Å². The Hall–Kier alpha value is -15.3. The summed E-state index contributed by atoms with van der Waals surface area (Å²) in [6, 6.07) is 126. The second-order valence-corrected chi connectivity index (χ2v) is 32.5. The first kappa shape index (κ1) is 67.3. The Morgan fingerprint density at radius 2 is 0.517 bits per heavy atom. The number of furan rings is 2. The predicted molar refractivity (Wildman–Crippen MR) is 480 cm³/mol. The lowest BCUT2D eigenvalue weighted by Gasteiger charge is -2.23. The zero-order valence-corrected chi connectivity index (χ0v) is 64.9. The van der Waals surface area contributed by atoms with Crippen molar-refractivity contribution in [3.63, 3.8) is 0 Å². The quantitative estimate of drug-likeness (QED) is 0.126. The van der Waals surface area contributed by atoms with E-state index in [-0.39, 0.29) is 10.8 Å². The van der Waals surface area contributed by atoms with Crippen molar-refractivity contribution in [3.05, 3.63) is 374 Å². The number of aromatic nitrogens is 8. The minimum atomic E-state index is -0.374. The summed E-state index contributed by atoms with van der Waals surface area (Å²) in [5.41, 5.74) is 31.3. The minimum Gasteiger partial charge on any atom is -0.454 e. The molecule has 0 aliphatic heterocycles. The van der Waals surface area contributed by atoms with E-state index < -0.39 is 0 Å². The van der Waals surface area contributed by atoms with Gasteiger partial charge in [0, 0.05) is 98.7 Å². The van der Waals surface area contributed by atoms with E-state index in [1.165, 1.54) is 44.5 Å². The van der Waals surface area contributed by atoms with Gasteiger partial charge >= 0.3 is 0 Å². The molecule has 24 rings (SSSR count). The monoisotopic (exact) mass is 1510 g/mol. The first-order valence-corrected chi connectivity index (χ1v) is 40.3. The van der Waals surface area contributed by atoms with Crippen molar-refractivity contribution >= 4 is 87.5 Å². The summed E-state index contributed by atoms with van der Waals surface area (Å²) < 4.78 is 18.1. The Bertz CT molecular complexity index is 7960. The first-order valence-electron chi connectivity index (χ1n) is 40.3. The number of nitrogens with zero attached hydrogens (tertiary/aromatic N) is 8. The maximum atomic E-state index is 6.73. The molecule has 10 heteroatoms. The van der Waals surface area contributed by atoms with E-state index in [2.05, 4.69) is 364 Å². The molecule has 0 amide bonds. The van der Waals surface area contributed by atoms with Crippen LogP contribution in [0.3, 0.4) is 0 Å². The molecule has 0 fully saturated rings. The van der Waals surface area contributed by atoms with Gasteiger partial charge in [-0.25, -0.2) is 29.9 Å². The number of benzene rings is 16. The zero-order valence-electron chi connectivity index (χ0n) is 64.9. The lowest BCUT2D eigenvalue weighted by Crippen LogP contribution is -2.15. The largest absolute Gasteiger partial charge is 0.454 e. The third kappa shape index (κ3) is 10.4. The Balaban J connectivity index is 0.552. The van der Waals surface area contributed by atoms with Gasteiger partial charge in [-0.1, -0.05) is 270 Å². The van der Waals surface area contributed by atoms with Gasteiger partial charge in [0.05, 0.1) is 22.1 Å².